The van der Waals surface area contributed by atoms with Gasteiger partial charge in [-0.2, -0.15) is 0 Å². The van der Waals surface area contributed by atoms with Crippen molar-refractivity contribution >= 4 is 22.4 Å². The lowest BCUT2D eigenvalue weighted by Crippen LogP contribution is -2.36. The lowest BCUT2D eigenvalue weighted by atomic mass is 10.1. The monoisotopic (exact) mass is 417 g/mol. The van der Waals surface area contributed by atoms with Crippen LogP contribution >= 0.6 is 11.3 Å². The highest BCUT2D eigenvalue weighted by Crippen LogP contribution is 2.23. The van der Waals surface area contributed by atoms with Crippen molar-refractivity contribution in [1.82, 2.24) is 15.6 Å². The summed E-state index contributed by atoms with van der Waals surface area (Å²) in [4.78, 5) is 10.9. The van der Waals surface area contributed by atoms with Gasteiger partial charge < -0.3 is 25.0 Å². The fraction of sp³-hybridized carbons (Fsp3) is 0.524. The van der Waals surface area contributed by atoms with Gasteiger partial charge in [0.1, 0.15) is 5.75 Å². The van der Waals surface area contributed by atoms with Crippen molar-refractivity contribution < 1.29 is 9.47 Å². The van der Waals surface area contributed by atoms with Gasteiger partial charge in [-0.05, 0) is 25.0 Å². The van der Waals surface area contributed by atoms with Crippen molar-refractivity contribution in [2.75, 3.05) is 45.9 Å². The molecule has 1 saturated heterocycles. The summed E-state index contributed by atoms with van der Waals surface area (Å²) in [5.74, 6) is 2.14. The minimum Gasteiger partial charge on any atom is -0.493 e. The van der Waals surface area contributed by atoms with Crippen LogP contribution in [0, 0.1) is 12.8 Å². The van der Waals surface area contributed by atoms with Gasteiger partial charge in [0, 0.05) is 51.2 Å². The van der Waals surface area contributed by atoms with E-state index in [1.165, 1.54) is 5.56 Å². The molecule has 1 aliphatic rings. The maximum atomic E-state index is 6.13. The number of nitrogens with one attached hydrogen (secondary N) is 2. The molecule has 158 valence electrons. The van der Waals surface area contributed by atoms with E-state index < -0.39 is 0 Å². The van der Waals surface area contributed by atoms with Crippen molar-refractivity contribution in [3.05, 3.63) is 40.4 Å². The zero-order valence-corrected chi connectivity index (χ0v) is 18.5. The maximum Gasteiger partial charge on any atom is 0.191 e. The Morgan fingerprint density at radius 2 is 2.17 bits per heavy atom. The van der Waals surface area contributed by atoms with Gasteiger partial charge >= 0.3 is 0 Å². The molecule has 1 unspecified atom stereocenters. The predicted octanol–water partition coefficient (Wildman–Crippen LogP) is 2.80. The van der Waals surface area contributed by atoms with Crippen LogP contribution in [0.15, 0.2) is 28.6 Å². The standard InChI is InChI=1S/C21H31N5O2S/c1-15-5-6-17(19(9-15)28-13-16-7-8-27-12-16)10-23-20(22-2)24-11-18-14-29-21(25-18)26(3)4/h5-6,9,14,16H,7-8,10-13H2,1-4H3,(H2,22,23,24). The Morgan fingerprint density at radius 1 is 1.34 bits per heavy atom. The van der Waals surface area contributed by atoms with Crippen LogP contribution in [-0.4, -0.2) is 51.9 Å². The highest BCUT2D eigenvalue weighted by atomic mass is 32.1. The Balaban J connectivity index is 1.54. The molecule has 2 heterocycles. The normalized spacial score (nSPS) is 16.7. The predicted molar refractivity (Wildman–Crippen MR) is 119 cm³/mol. The first-order valence-corrected chi connectivity index (χ1v) is 10.8. The number of ether oxygens (including phenoxy) is 2. The molecule has 1 fully saturated rings. The second-order valence-corrected chi connectivity index (χ2v) is 8.28. The number of anilines is 1. The van der Waals surface area contributed by atoms with Crippen molar-refractivity contribution in [2.45, 2.75) is 26.4 Å². The fourth-order valence-electron chi connectivity index (χ4n) is 3.02. The van der Waals surface area contributed by atoms with Gasteiger partial charge in [0.25, 0.3) is 0 Å². The summed E-state index contributed by atoms with van der Waals surface area (Å²) in [6, 6.07) is 6.32. The lowest BCUT2D eigenvalue weighted by Gasteiger charge is -2.16. The summed E-state index contributed by atoms with van der Waals surface area (Å²) in [5, 5.41) is 9.76. The second kappa shape index (κ2) is 10.5. The van der Waals surface area contributed by atoms with Gasteiger partial charge in [-0.3, -0.25) is 4.99 Å². The van der Waals surface area contributed by atoms with Crippen LogP contribution in [-0.2, 0) is 17.8 Å². The smallest absolute Gasteiger partial charge is 0.191 e. The molecule has 29 heavy (non-hydrogen) atoms. The number of aromatic nitrogens is 1. The molecule has 2 aromatic rings. The minimum absolute atomic E-state index is 0.482. The third kappa shape index (κ3) is 6.33. The highest BCUT2D eigenvalue weighted by Gasteiger charge is 2.17. The summed E-state index contributed by atoms with van der Waals surface area (Å²) >= 11 is 1.64. The lowest BCUT2D eigenvalue weighted by molar-refractivity contribution is 0.166. The Labute approximate surface area is 177 Å². The van der Waals surface area contributed by atoms with Gasteiger partial charge in [-0.1, -0.05) is 12.1 Å². The molecule has 1 aromatic carbocycles. The van der Waals surface area contributed by atoms with Crippen molar-refractivity contribution in [3.8, 4) is 5.75 Å². The second-order valence-electron chi connectivity index (χ2n) is 7.45. The number of benzene rings is 1. The van der Waals surface area contributed by atoms with E-state index in [1.54, 1.807) is 18.4 Å². The maximum absolute atomic E-state index is 6.13. The van der Waals surface area contributed by atoms with Crippen molar-refractivity contribution in [3.63, 3.8) is 0 Å². The summed E-state index contributed by atoms with van der Waals surface area (Å²) in [6.07, 6.45) is 1.07. The van der Waals surface area contributed by atoms with Crippen LogP contribution in [0.2, 0.25) is 0 Å². The van der Waals surface area contributed by atoms with E-state index in [-0.39, 0.29) is 0 Å². The van der Waals surface area contributed by atoms with E-state index in [9.17, 15) is 0 Å². The first kappa shape index (κ1) is 21.4. The number of rotatable bonds is 8. The molecule has 0 spiro atoms. The van der Waals surface area contributed by atoms with E-state index in [0.717, 1.165) is 47.7 Å². The van der Waals surface area contributed by atoms with Crippen LogP contribution in [0.3, 0.4) is 0 Å². The first-order chi connectivity index (χ1) is 14.0. The number of guanidine groups is 1. The van der Waals surface area contributed by atoms with E-state index in [1.807, 2.05) is 19.0 Å². The number of aryl methyl sites for hydroxylation is 1. The Hall–Kier alpha value is -2.32. The molecule has 1 aromatic heterocycles. The number of hydrogen-bond acceptors (Lipinski definition) is 6. The number of hydrogen-bond donors (Lipinski definition) is 2. The minimum atomic E-state index is 0.482. The summed E-state index contributed by atoms with van der Waals surface area (Å²) in [6.45, 7) is 5.68. The van der Waals surface area contributed by atoms with Crippen LogP contribution in [0.4, 0.5) is 5.13 Å². The molecule has 1 aliphatic heterocycles. The third-order valence-corrected chi connectivity index (χ3v) is 5.81. The molecule has 8 heteroatoms. The zero-order valence-electron chi connectivity index (χ0n) is 17.7. The number of nitrogens with zero attached hydrogens (tertiary/aromatic N) is 3. The summed E-state index contributed by atoms with van der Waals surface area (Å²) in [7, 11) is 5.77. The average Bonchev–Trinajstić information content (AvgIpc) is 3.39. The molecule has 0 amide bonds. The van der Waals surface area contributed by atoms with Gasteiger partial charge in [-0.25, -0.2) is 4.98 Å². The van der Waals surface area contributed by atoms with Crippen LogP contribution in [0.25, 0.3) is 0 Å². The molecule has 3 rings (SSSR count). The SMILES string of the molecule is CN=C(NCc1csc(N(C)C)n1)NCc1ccc(C)cc1OCC1CCOC1. The van der Waals surface area contributed by atoms with Gasteiger partial charge in [0.2, 0.25) is 0 Å². The average molecular weight is 418 g/mol. The first-order valence-electron chi connectivity index (χ1n) is 9.91. The highest BCUT2D eigenvalue weighted by molar-refractivity contribution is 7.13. The van der Waals surface area contributed by atoms with Crippen LogP contribution < -0.4 is 20.3 Å². The zero-order chi connectivity index (χ0) is 20.6. The molecule has 7 nitrogen and oxygen atoms in total. The molecule has 0 bridgehead atoms. The molecule has 1 atom stereocenters. The molecular formula is C21H31N5O2S. The Bertz CT molecular complexity index is 815. The summed E-state index contributed by atoms with van der Waals surface area (Å²) < 4.78 is 11.6. The largest absolute Gasteiger partial charge is 0.493 e. The molecule has 0 radical (unpaired) electrons. The molecular weight excluding hydrogens is 386 g/mol. The van der Waals surface area contributed by atoms with E-state index in [2.05, 4.69) is 51.1 Å². The Kier molecular flexibility index (Phi) is 7.71. The topological polar surface area (TPSA) is 71.0 Å². The quantitative estimate of drug-likeness (QED) is 0.508. The van der Waals surface area contributed by atoms with E-state index >= 15 is 0 Å². The van der Waals surface area contributed by atoms with Gasteiger partial charge in [0.15, 0.2) is 11.1 Å². The third-order valence-electron chi connectivity index (χ3n) is 4.75. The van der Waals surface area contributed by atoms with Crippen molar-refractivity contribution in [1.29, 1.82) is 0 Å². The molecule has 0 saturated carbocycles. The van der Waals surface area contributed by atoms with Crippen molar-refractivity contribution in [2.24, 2.45) is 10.9 Å². The fourth-order valence-corrected chi connectivity index (χ4v) is 3.78. The van der Waals surface area contributed by atoms with E-state index in [4.69, 9.17) is 9.47 Å². The molecule has 0 aliphatic carbocycles. The van der Waals surface area contributed by atoms with Gasteiger partial charge in [-0.15, -0.1) is 11.3 Å². The number of aliphatic imine (C=N–C) groups is 1. The van der Waals surface area contributed by atoms with E-state index in [0.29, 0.717) is 25.6 Å². The molecule has 2 N–H and O–H groups in total. The van der Waals surface area contributed by atoms with Crippen LogP contribution in [0.1, 0.15) is 23.2 Å². The van der Waals surface area contributed by atoms with Crippen LogP contribution in [0.5, 0.6) is 5.75 Å². The van der Waals surface area contributed by atoms with Gasteiger partial charge in [0.05, 0.1) is 25.5 Å². The number of thiazole rings is 1. The summed E-state index contributed by atoms with van der Waals surface area (Å²) in [5.41, 5.74) is 3.30. The Morgan fingerprint density at radius 3 is 2.86 bits per heavy atom.